The number of ether oxygens (including phenoxy) is 1. The Morgan fingerprint density at radius 2 is 1.59 bits per heavy atom. The van der Waals surface area contributed by atoms with Crippen molar-refractivity contribution in [2.45, 2.75) is 11.8 Å². The Kier molecular flexibility index (Phi) is 10.3. The third kappa shape index (κ3) is 8.30. The standard InChI is InChI=1S/C32H26ClFN2O4S/c1-2-40-24-15-11-21(12-16-24)30(37)20-41-25-17-13-23(14-18-25)35-32(39)29(19-26-27(33)9-6-10-28(26)34)36-31(38)22-7-4-3-5-8-22/h3-19H,2,20H2,1H3,(H,35,39)(H,36,38)/b29-19-. The summed E-state index contributed by atoms with van der Waals surface area (Å²) in [7, 11) is 0. The van der Waals surface area contributed by atoms with E-state index >= 15 is 0 Å². The van der Waals surface area contributed by atoms with Gasteiger partial charge in [0.15, 0.2) is 5.78 Å². The predicted octanol–water partition coefficient (Wildman–Crippen LogP) is 7.26. The van der Waals surface area contributed by atoms with Gasteiger partial charge in [0.2, 0.25) is 0 Å². The summed E-state index contributed by atoms with van der Waals surface area (Å²) in [5.74, 6) is -0.919. The molecule has 4 aromatic carbocycles. The fraction of sp³-hybridized carbons (Fsp3) is 0.0938. The Morgan fingerprint density at radius 1 is 0.878 bits per heavy atom. The van der Waals surface area contributed by atoms with E-state index in [2.05, 4.69) is 10.6 Å². The zero-order valence-electron chi connectivity index (χ0n) is 22.0. The average Bonchev–Trinajstić information content (AvgIpc) is 2.99. The number of Topliss-reactive ketones (excluding diaryl/α,β-unsaturated/α-hetero) is 1. The van der Waals surface area contributed by atoms with Gasteiger partial charge in [-0.1, -0.05) is 35.9 Å². The molecule has 0 atom stereocenters. The summed E-state index contributed by atoms with van der Waals surface area (Å²) in [4.78, 5) is 39.4. The third-order valence-corrected chi connectivity index (χ3v) is 7.13. The van der Waals surface area contributed by atoms with Gasteiger partial charge in [0.05, 0.1) is 17.4 Å². The van der Waals surface area contributed by atoms with Gasteiger partial charge in [0, 0.05) is 27.3 Å². The highest BCUT2D eigenvalue weighted by Gasteiger charge is 2.17. The van der Waals surface area contributed by atoms with Crippen molar-refractivity contribution in [3.8, 4) is 5.75 Å². The number of ketones is 1. The lowest BCUT2D eigenvalue weighted by atomic mass is 10.1. The van der Waals surface area contributed by atoms with E-state index in [0.29, 0.717) is 29.2 Å². The molecule has 0 saturated heterocycles. The molecule has 0 aliphatic rings. The summed E-state index contributed by atoms with van der Waals surface area (Å²) < 4.78 is 19.9. The van der Waals surface area contributed by atoms with Crippen LogP contribution in [0.25, 0.3) is 6.08 Å². The number of halogens is 2. The van der Waals surface area contributed by atoms with E-state index in [1.165, 1.54) is 36.0 Å². The molecule has 2 amide bonds. The van der Waals surface area contributed by atoms with Crippen molar-refractivity contribution in [2.24, 2.45) is 0 Å². The first-order chi connectivity index (χ1) is 19.8. The largest absolute Gasteiger partial charge is 0.494 e. The normalized spacial score (nSPS) is 11.0. The van der Waals surface area contributed by atoms with Crippen molar-refractivity contribution in [1.29, 1.82) is 0 Å². The number of nitrogens with one attached hydrogen (secondary N) is 2. The molecule has 0 bridgehead atoms. The molecule has 208 valence electrons. The first-order valence-corrected chi connectivity index (χ1v) is 14.0. The molecular weight excluding hydrogens is 563 g/mol. The molecule has 41 heavy (non-hydrogen) atoms. The van der Waals surface area contributed by atoms with Crippen molar-refractivity contribution in [3.05, 3.63) is 130 Å². The molecule has 4 aromatic rings. The average molecular weight is 589 g/mol. The number of hydrogen-bond donors (Lipinski definition) is 2. The molecule has 0 saturated carbocycles. The van der Waals surface area contributed by atoms with E-state index in [0.717, 1.165) is 4.90 Å². The topological polar surface area (TPSA) is 84.5 Å². The van der Waals surface area contributed by atoms with Crippen LogP contribution in [0.5, 0.6) is 5.75 Å². The second-order valence-electron chi connectivity index (χ2n) is 8.66. The van der Waals surface area contributed by atoms with Crippen molar-refractivity contribution < 1.29 is 23.5 Å². The van der Waals surface area contributed by atoms with E-state index in [9.17, 15) is 18.8 Å². The highest BCUT2D eigenvalue weighted by Crippen LogP contribution is 2.24. The van der Waals surface area contributed by atoms with E-state index in [1.54, 1.807) is 78.9 Å². The minimum atomic E-state index is -0.667. The Morgan fingerprint density at radius 3 is 2.24 bits per heavy atom. The first kappa shape index (κ1) is 29.6. The van der Waals surface area contributed by atoms with Gasteiger partial charge in [-0.25, -0.2) is 4.39 Å². The lowest BCUT2D eigenvalue weighted by Crippen LogP contribution is -2.30. The van der Waals surface area contributed by atoms with Gasteiger partial charge in [-0.3, -0.25) is 14.4 Å². The van der Waals surface area contributed by atoms with Crippen LogP contribution in [0.1, 0.15) is 33.2 Å². The number of thioether (sulfide) groups is 1. The van der Waals surface area contributed by atoms with Crippen molar-refractivity contribution in [2.75, 3.05) is 17.7 Å². The van der Waals surface area contributed by atoms with Gasteiger partial charge in [-0.15, -0.1) is 11.8 Å². The quantitative estimate of drug-likeness (QED) is 0.109. The van der Waals surface area contributed by atoms with Crippen LogP contribution in [0.4, 0.5) is 10.1 Å². The molecule has 0 radical (unpaired) electrons. The summed E-state index contributed by atoms with van der Waals surface area (Å²) in [5, 5.41) is 5.37. The summed E-state index contributed by atoms with van der Waals surface area (Å²) in [5.41, 5.74) is 1.14. The van der Waals surface area contributed by atoms with E-state index < -0.39 is 17.6 Å². The number of carbonyl (C=O) groups excluding carboxylic acids is 3. The van der Waals surface area contributed by atoms with Gasteiger partial charge >= 0.3 is 0 Å². The molecule has 0 unspecified atom stereocenters. The van der Waals surface area contributed by atoms with Crippen LogP contribution in [0.3, 0.4) is 0 Å². The zero-order chi connectivity index (χ0) is 29.2. The van der Waals surface area contributed by atoms with Crippen LogP contribution in [0.2, 0.25) is 5.02 Å². The van der Waals surface area contributed by atoms with Crippen LogP contribution in [-0.4, -0.2) is 30.0 Å². The highest BCUT2D eigenvalue weighted by atomic mass is 35.5. The summed E-state index contributed by atoms with van der Waals surface area (Å²) >= 11 is 7.52. The Bertz CT molecular complexity index is 1540. The van der Waals surface area contributed by atoms with E-state index in [-0.39, 0.29) is 27.8 Å². The maximum Gasteiger partial charge on any atom is 0.272 e. The number of anilines is 1. The van der Waals surface area contributed by atoms with Crippen LogP contribution in [0, 0.1) is 5.82 Å². The van der Waals surface area contributed by atoms with Crippen molar-refractivity contribution >= 4 is 52.7 Å². The number of hydrogen-bond acceptors (Lipinski definition) is 5. The van der Waals surface area contributed by atoms with Crippen LogP contribution in [-0.2, 0) is 4.79 Å². The maximum atomic E-state index is 14.5. The highest BCUT2D eigenvalue weighted by molar-refractivity contribution is 8.00. The van der Waals surface area contributed by atoms with Gasteiger partial charge in [0.1, 0.15) is 17.3 Å². The summed E-state index contributed by atoms with van der Waals surface area (Å²) in [6.07, 6.45) is 1.20. The minimum absolute atomic E-state index is 0.0221. The van der Waals surface area contributed by atoms with Gasteiger partial charge < -0.3 is 15.4 Å². The van der Waals surface area contributed by atoms with Crippen LogP contribution < -0.4 is 15.4 Å². The molecule has 2 N–H and O–H groups in total. The van der Waals surface area contributed by atoms with Gasteiger partial charge in [0.25, 0.3) is 11.8 Å². The summed E-state index contributed by atoms with van der Waals surface area (Å²) in [6.45, 7) is 2.45. The predicted molar refractivity (Wildman–Crippen MR) is 161 cm³/mol. The number of benzene rings is 4. The first-order valence-electron chi connectivity index (χ1n) is 12.7. The number of amides is 2. The Balaban J connectivity index is 1.44. The van der Waals surface area contributed by atoms with Crippen molar-refractivity contribution in [1.82, 2.24) is 5.32 Å². The van der Waals surface area contributed by atoms with E-state index in [1.807, 2.05) is 6.92 Å². The number of rotatable bonds is 11. The molecular formula is C32H26ClFN2O4S. The molecule has 0 aliphatic carbocycles. The monoisotopic (exact) mass is 588 g/mol. The fourth-order valence-electron chi connectivity index (χ4n) is 3.70. The molecule has 9 heteroatoms. The van der Waals surface area contributed by atoms with Gasteiger partial charge in [-0.2, -0.15) is 0 Å². The van der Waals surface area contributed by atoms with Crippen LogP contribution >= 0.6 is 23.4 Å². The second kappa shape index (κ2) is 14.3. The Labute approximate surface area is 246 Å². The molecule has 6 nitrogen and oxygen atoms in total. The molecule has 0 fully saturated rings. The third-order valence-electron chi connectivity index (χ3n) is 5.79. The maximum absolute atomic E-state index is 14.5. The molecule has 4 rings (SSSR count). The lowest BCUT2D eigenvalue weighted by molar-refractivity contribution is -0.113. The van der Waals surface area contributed by atoms with E-state index in [4.69, 9.17) is 16.3 Å². The molecule has 0 spiro atoms. The lowest BCUT2D eigenvalue weighted by Gasteiger charge is -2.12. The second-order valence-corrected chi connectivity index (χ2v) is 10.1. The van der Waals surface area contributed by atoms with Crippen LogP contribution in [0.15, 0.2) is 108 Å². The Hall–Kier alpha value is -4.40. The minimum Gasteiger partial charge on any atom is -0.494 e. The fourth-order valence-corrected chi connectivity index (χ4v) is 4.71. The molecule has 0 heterocycles. The molecule has 0 aliphatic heterocycles. The summed E-state index contributed by atoms with van der Waals surface area (Å²) in [6, 6.07) is 26.4. The smallest absolute Gasteiger partial charge is 0.272 e. The number of carbonyl (C=O) groups is 3. The zero-order valence-corrected chi connectivity index (χ0v) is 23.6. The van der Waals surface area contributed by atoms with Crippen molar-refractivity contribution in [3.63, 3.8) is 0 Å². The van der Waals surface area contributed by atoms with Gasteiger partial charge in [-0.05, 0) is 85.8 Å². The SMILES string of the molecule is CCOc1ccc(C(=O)CSc2ccc(NC(=O)/C(=C/c3c(F)cccc3Cl)NC(=O)c3ccccc3)cc2)cc1. The molecule has 0 aromatic heterocycles.